The maximum atomic E-state index is 13.4. The van der Waals surface area contributed by atoms with E-state index in [4.69, 9.17) is 9.47 Å². The Bertz CT molecular complexity index is 1910. The number of benzene rings is 1. The topological polar surface area (TPSA) is 90.7 Å². The Balaban J connectivity index is 0.000000242. The van der Waals surface area contributed by atoms with Crippen molar-refractivity contribution in [1.82, 2.24) is 14.5 Å². The molecule has 8 heteroatoms. The van der Waals surface area contributed by atoms with Crippen LogP contribution in [0, 0.1) is 70.0 Å². The number of ether oxygens (including phenoxy) is 2. The third-order valence-corrected chi connectivity index (χ3v) is 18.2. The van der Waals surface area contributed by atoms with Crippen molar-refractivity contribution in [2.45, 2.75) is 157 Å². The van der Waals surface area contributed by atoms with E-state index in [1.165, 1.54) is 64.2 Å². The second-order valence-corrected chi connectivity index (χ2v) is 20.9. The van der Waals surface area contributed by atoms with E-state index in [1.807, 2.05) is 86.8 Å². The van der Waals surface area contributed by atoms with Crippen molar-refractivity contribution >= 4 is 23.9 Å². The summed E-state index contributed by atoms with van der Waals surface area (Å²) in [6, 6.07) is 9.90. The van der Waals surface area contributed by atoms with Gasteiger partial charge in [0.2, 0.25) is 6.41 Å². The molecule has 0 spiro atoms. The number of hydrogen-bond donors (Lipinski definition) is 0. The number of carbonyl (C=O) groups excluding carboxylic acids is 3. The number of hydrogen-bond acceptors (Lipinski definition) is 6. The molecule has 1 aliphatic heterocycles. The molecule has 0 N–H and O–H groups in total. The zero-order chi connectivity index (χ0) is 44.3. The molecule has 7 aliphatic rings. The molecule has 7 fully saturated rings. The molecule has 2 aromatic rings. The largest absolute Gasteiger partial charge is 0.462 e. The summed E-state index contributed by atoms with van der Waals surface area (Å²) < 4.78 is 13.9. The average molecular weight is 850 g/mol. The highest BCUT2D eigenvalue weighted by molar-refractivity contribution is 5.81. The molecule has 62 heavy (non-hydrogen) atoms. The van der Waals surface area contributed by atoms with E-state index in [1.54, 1.807) is 6.08 Å². The number of carbonyl (C=O) groups is 3. The number of likely N-dealkylation sites (tertiary alicyclic amines) is 1. The number of esters is 2. The van der Waals surface area contributed by atoms with Crippen LogP contribution in [-0.2, 0) is 37.5 Å². The van der Waals surface area contributed by atoms with Gasteiger partial charge < -0.3 is 18.9 Å². The van der Waals surface area contributed by atoms with Crippen LogP contribution in [0.2, 0.25) is 0 Å². The van der Waals surface area contributed by atoms with Gasteiger partial charge in [-0.15, -0.1) is 0 Å². The van der Waals surface area contributed by atoms with Crippen LogP contribution in [0.15, 0.2) is 55.3 Å². The first-order valence-corrected chi connectivity index (χ1v) is 24.8. The molecule has 1 saturated heterocycles. The highest BCUT2D eigenvalue weighted by Crippen LogP contribution is 2.67. The second-order valence-electron chi connectivity index (χ2n) is 20.9. The van der Waals surface area contributed by atoms with Crippen LogP contribution >= 0.6 is 0 Å². The molecule has 14 unspecified atom stereocenters. The van der Waals surface area contributed by atoms with Gasteiger partial charge in [0, 0.05) is 19.8 Å². The highest BCUT2D eigenvalue weighted by Gasteiger charge is 2.60. The number of nitrogens with zero attached hydrogens (tertiary/aromatic N) is 3. The number of allylic oxidation sites excluding steroid dienone is 3. The molecule has 1 aromatic carbocycles. The fourth-order valence-electron chi connectivity index (χ4n) is 14.7. The van der Waals surface area contributed by atoms with Gasteiger partial charge in [0.25, 0.3) is 0 Å². The van der Waals surface area contributed by atoms with Crippen molar-refractivity contribution in [3.63, 3.8) is 0 Å². The minimum absolute atomic E-state index is 0.0206. The Kier molecular flexibility index (Phi) is 14.6. The average Bonchev–Trinajstić information content (AvgIpc) is 4.03. The minimum atomic E-state index is -0.203. The third kappa shape index (κ3) is 8.75. The standard InChI is InChI=1S/C38H54O4.C14H19N3O.C2H6/c1-23-29(35(39)41-22-25-9-6-5-7-10-25)21-30(23)36(40)42-34-17-20-38(4)31(24(34)2)14-12-28-26-16-19-37(3)18-8-11-32(37)27(26)13-15-33(28)38;1-4-11(5-2)12-9-16(3)14(15-12)13-7-6-8-17(13)10-18;1-2/h5-7,9-10,23-24,26-34H,8,11-22H2,1-4H3;4-5,9-10,13H,1,6-8H2,2-3H3;1-2H3/b;11-5+;. The van der Waals surface area contributed by atoms with Crippen molar-refractivity contribution in [2.24, 2.45) is 77.1 Å². The lowest BCUT2D eigenvalue weighted by molar-refractivity contribution is -0.187. The van der Waals surface area contributed by atoms with Crippen LogP contribution in [0.5, 0.6) is 0 Å². The Morgan fingerprint density at radius 3 is 2.24 bits per heavy atom. The molecule has 9 rings (SSSR count). The fourth-order valence-corrected chi connectivity index (χ4v) is 14.7. The Morgan fingerprint density at radius 2 is 1.55 bits per heavy atom. The molecular formula is C54H79N3O5. The van der Waals surface area contributed by atoms with E-state index in [2.05, 4.69) is 32.3 Å². The maximum Gasteiger partial charge on any atom is 0.309 e. The number of aromatic nitrogens is 2. The van der Waals surface area contributed by atoms with Crippen LogP contribution in [0.3, 0.4) is 0 Å². The molecule has 14 atom stereocenters. The number of fused-ring (bicyclic) bond motifs is 7. The van der Waals surface area contributed by atoms with E-state index < -0.39 is 0 Å². The monoisotopic (exact) mass is 850 g/mol. The molecule has 6 aliphatic carbocycles. The quantitative estimate of drug-likeness (QED) is 0.142. The maximum absolute atomic E-state index is 13.4. The first kappa shape index (κ1) is 46.3. The predicted molar refractivity (Wildman–Crippen MR) is 247 cm³/mol. The smallest absolute Gasteiger partial charge is 0.309 e. The summed E-state index contributed by atoms with van der Waals surface area (Å²) in [5.41, 5.74) is 3.97. The van der Waals surface area contributed by atoms with Gasteiger partial charge in [-0.05, 0) is 160 Å². The number of aryl methyl sites for hydroxylation is 1. The second kappa shape index (κ2) is 19.6. The lowest BCUT2D eigenvalue weighted by atomic mass is 9.42. The molecule has 1 amide bonds. The van der Waals surface area contributed by atoms with Crippen molar-refractivity contribution in [3.8, 4) is 0 Å². The van der Waals surface area contributed by atoms with Gasteiger partial charge in [-0.25, -0.2) is 4.98 Å². The van der Waals surface area contributed by atoms with Crippen molar-refractivity contribution in [1.29, 1.82) is 0 Å². The minimum Gasteiger partial charge on any atom is -0.462 e. The van der Waals surface area contributed by atoms with E-state index in [0.29, 0.717) is 35.7 Å². The number of rotatable bonds is 9. The predicted octanol–water partition coefficient (Wildman–Crippen LogP) is 11.9. The van der Waals surface area contributed by atoms with E-state index >= 15 is 0 Å². The first-order valence-electron chi connectivity index (χ1n) is 24.8. The van der Waals surface area contributed by atoms with E-state index in [-0.39, 0.29) is 41.8 Å². The van der Waals surface area contributed by atoms with Gasteiger partial charge >= 0.3 is 11.9 Å². The van der Waals surface area contributed by atoms with Gasteiger partial charge in [-0.2, -0.15) is 0 Å². The molecule has 2 heterocycles. The van der Waals surface area contributed by atoms with Crippen LogP contribution in [0.4, 0.5) is 0 Å². The third-order valence-electron chi connectivity index (χ3n) is 18.2. The van der Waals surface area contributed by atoms with E-state index in [9.17, 15) is 14.4 Å². The van der Waals surface area contributed by atoms with Crippen LogP contribution in [-0.4, -0.2) is 45.4 Å². The SMILES string of the molecule is C=C/C(=C\C)c1cn(C)c(C2CCCN2C=O)n1.CC.CC1C(C(=O)OCc2ccccc2)CC1C(=O)OC1CCC2(C)C(CCC3C4CCC5(C)CCCC5C4CCC32)C1C. The lowest BCUT2D eigenvalue weighted by Crippen LogP contribution is -2.57. The van der Waals surface area contributed by atoms with Gasteiger partial charge in [-0.1, -0.05) is 97.0 Å². The summed E-state index contributed by atoms with van der Waals surface area (Å²) in [7, 11) is 1.98. The lowest BCUT2D eigenvalue weighted by Gasteiger charge is -2.63. The van der Waals surface area contributed by atoms with Gasteiger partial charge in [-0.3, -0.25) is 14.4 Å². The zero-order valence-electron chi connectivity index (χ0n) is 39.5. The molecular weight excluding hydrogens is 771 g/mol. The summed E-state index contributed by atoms with van der Waals surface area (Å²) in [5, 5.41) is 0. The highest BCUT2D eigenvalue weighted by atomic mass is 16.5. The fraction of sp³-hybridized carbons (Fsp3) is 0.704. The molecule has 6 saturated carbocycles. The Morgan fingerprint density at radius 1 is 0.839 bits per heavy atom. The van der Waals surface area contributed by atoms with Crippen molar-refractivity contribution in [3.05, 3.63) is 72.3 Å². The van der Waals surface area contributed by atoms with Crippen LogP contribution in [0.25, 0.3) is 5.57 Å². The summed E-state index contributed by atoms with van der Waals surface area (Å²) in [6.07, 6.45) is 24.5. The normalized spacial score (nSPS) is 38.2. The summed E-state index contributed by atoms with van der Waals surface area (Å²) in [6.45, 7) is 20.5. The molecule has 0 radical (unpaired) electrons. The summed E-state index contributed by atoms with van der Waals surface area (Å²) in [4.78, 5) is 43.6. The first-order chi connectivity index (χ1) is 29.9. The van der Waals surface area contributed by atoms with Gasteiger partial charge in [0.05, 0.1) is 23.6 Å². The van der Waals surface area contributed by atoms with Crippen molar-refractivity contribution in [2.75, 3.05) is 6.54 Å². The summed E-state index contributed by atoms with van der Waals surface area (Å²) >= 11 is 0. The number of imidazole rings is 1. The zero-order valence-corrected chi connectivity index (χ0v) is 39.5. The van der Waals surface area contributed by atoms with Gasteiger partial charge in [0.1, 0.15) is 18.5 Å². The van der Waals surface area contributed by atoms with Crippen LogP contribution in [0.1, 0.15) is 161 Å². The van der Waals surface area contributed by atoms with E-state index in [0.717, 1.165) is 84.5 Å². The van der Waals surface area contributed by atoms with Crippen molar-refractivity contribution < 1.29 is 23.9 Å². The molecule has 8 nitrogen and oxygen atoms in total. The summed E-state index contributed by atoms with van der Waals surface area (Å²) in [5.74, 6) is 6.10. The Labute approximate surface area is 374 Å². The molecule has 340 valence electrons. The Hall–Kier alpha value is -3.68. The molecule has 1 aromatic heterocycles. The van der Waals surface area contributed by atoms with Crippen LogP contribution < -0.4 is 0 Å². The molecule has 0 bridgehead atoms. The number of amides is 1. The van der Waals surface area contributed by atoms with Gasteiger partial charge in [0.15, 0.2) is 0 Å².